The summed E-state index contributed by atoms with van der Waals surface area (Å²) in [7, 11) is 0. The highest BCUT2D eigenvalue weighted by Crippen LogP contribution is 2.59. The number of hydrogen-bond donors (Lipinski definition) is 1. The number of nitrogens with one attached hydrogen (secondary N) is 1. The van der Waals surface area contributed by atoms with Crippen molar-refractivity contribution in [2.24, 2.45) is 17.3 Å². The first kappa shape index (κ1) is 27.5. The molecule has 2 fully saturated rings. The maximum atomic E-state index is 13.8. The molecule has 0 aromatic heterocycles. The van der Waals surface area contributed by atoms with Crippen LogP contribution in [0.5, 0.6) is 0 Å². The minimum Gasteiger partial charge on any atom is -0.444 e. The molecular formula is C32H44N4O3. The van der Waals surface area contributed by atoms with Crippen molar-refractivity contribution in [3.05, 3.63) is 54.1 Å². The first-order chi connectivity index (χ1) is 18.5. The summed E-state index contributed by atoms with van der Waals surface area (Å²) in [5, 5.41) is 5.39. The molecule has 2 atom stereocenters. The van der Waals surface area contributed by atoms with E-state index in [9.17, 15) is 9.59 Å². The molecule has 1 N–H and O–H groups in total. The Hall–Kier alpha value is -3.06. The molecule has 2 aromatic carbocycles. The van der Waals surface area contributed by atoms with E-state index in [1.165, 1.54) is 12.0 Å². The molecule has 39 heavy (non-hydrogen) atoms. The molecule has 1 saturated carbocycles. The molecule has 0 radical (unpaired) electrons. The van der Waals surface area contributed by atoms with Crippen molar-refractivity contribution < 1.29 is 14.3 Å². The lowest BCUT2D eigenvalue weighted by Crippen LogP contribution is -2.53. The van der Waals surface area contributed by atoms with Crippen LogP contribution >= 0.6 is 0 Å². The van der Waals surface area contributed by atoms with Gasteiger partial charge in [-0.1, -0.05) is 61.9 Å². The Morgan fingerprint density at radius 1 is 1.05 bits per heavy atom. The van der Waals surface area contributed by atoms with E-state index in [4.69, 9.17) is 4.74 Å². The molecule has 7 nitrogen and oxygen atoms in total. The number of piperazine rings is 1. The molecule has 6 rings (SSSR count). The summed E-state index contributed by atoms with van der Waals surface area (Å²) < 4.78 is 5.55. The maximum absolute atomic E-state index is 13.8. The van der Waals surface area contributed by atoms with Gasteiger partial charge in [-0.25, -0.2) is 9.59 Å². The molecule has 3 amide bonds. The van der Waals surface area contributed by atoms with Crippen LogP contribution in [-0.2, 0) is 4.74 Å². The Morgan fingerprint density at radius 3 is 2.46 bits per heavy atom. The fraction of sp³-hybridized carbons (Fsp3) is 0.562. The number of nitrogens with zero attached hydrogens (tertiary/aromatic N) is 3. The van der Waals surface area contributed by atoms with Gasteiger partial charge in [0.15, 0.2) is 0 Å². The van der Waals surface area contributed by atoms with Crippen molar-refractivity contribution in [3.63, 3.8) is 0 Å². The second kappa shape index (κ2) is 10.8. The van der Waals surface area contributed by atoms with Crippen LogP contribution in [0.3, 0.4) is 0 Å². The lowest BCUT2D eigenvalue weighted by molar-refractivity contribution is -0.00981. The minimum absolute atomic E-state index is 0.0566. The predicted molar refractivity (Wildman–Crippen MR) is 157 cm³/mol. The summed E-state index contributed by atoms with van der Waals surface area (Å²) in [4.78, 5) is 32.3. The van der Waals surface area contributed by atoms with E-state index in [0.29, 0.717) is 37.5 Å². The number of benzene rings is 2. The van der Waals surface area contributed by atoms with Crippen LogP contribution in [-0.4, -0.2) is 78.2 Å². The molecule has 4 aliphatic rings. The minimum atomic E-state index is -0.491. The van der Waals surface area contributed by atoms with Crippen LogP contribution in [0.1, 0.15) is 47.5 Å². The van der Waals surface area contributed by atoms with Crippen LogP contribution in [0.4, 0.5) is 15.3 Å². The Kier molecular flexibility index (Phi) is 7.64. The third-order valence-corrected chi connectivity index (χ3v) is 8.98. The fourth-order valence-corrected chi connectivity index (χ4v) is 6.40. The maximum Gasteiger partial charge on any atom is 0.410 e. The van der Waals surface area contributed by atoms with E-state index in [1.807, 2.05) is 49.9 Å². The molecule has 210 valence electrons. The summed E-state index contributed by atoms with van der Waals surface area (Å²) in [6, 6.07) is 14.1. The third-order valence-electron chi connectivity index (χ3n) is 8.98. The molecule has 0 spiro atoms. The number of carbonyl (C=O) groups is 2. The van der Waals surface area contributed by atoms with E-state index in [1.54, 1.807) is 4.90 Å². The van der Waals surface area contributed by atoms with Gasteiger partial charge in [0.05, 0.1) is 5.69 Å². The van der Waals surface area contributed by atoms with Crippen LogP contribution < -0.4 is 5.32 Å². The van der Waals surface area contributed by atoms with E-state index >= 15 is 0 Å². The molecule has 2 bridgehead atoms. The zero-order valence-electron chi connectivity index (χ0n) is 24.2. The van der Waals surface area contributed by atoms with Crippen molar-refractivity contribution >= 4 is 28.6 Å². The molecule has 1 aliphatic heterocycles. The second-order valence-electron chi connectivity index (χ2n) is 13.0. The zero-order chi connectivity index (χ0) is 27.8. The standard InChI is InChI=1S/C32H44N4O3/c1-31(2,3)39-30(38)35-18-15-34(16-19-35)17-20-36(22-24-13-14-25-21-27(24)32(25,4)5)29(37)33-28-12-8-10-23-9-6-7-11-26(23)28/h6-13,25,27H,14-22H2,1-5H3,(H,33,37). The average Bonchev–Trinajstić information content (AvgIpc) is 2.90. The van der Waals surface area contributed by atoms with Gasteiger partial charge in [-0.15, -0.1) is 0 Å². The van der Waals surface area contributed by atoms with Gasteiger partial charge >= 0.3 is 12.1 Å². The van der Waals surface area contributed by atoms with Gasteiger partial charge in [-0.2, -0.15) is 0 Å². The van der Waals surface area contributed by atoms with Crippen LogP contribution in [0.25, 0.3) is 10.8 Å². The van der Waals surface area contributed by atoms with E-state index < -0.39 is 5.60 Å². The van der Waals surface area contributed by atoms with Crippen molar-refractivity contribution in [2.75, 3.05) is 51.1 Å². The second-order valence-corrected chi connectivity index (χ2v) is 13.0. The van der Waals surface area contributed by atoms with E-state index in [2.05, 4.69) is 48.3 Å². The number of anilines is 1. The number of fused-ring (bicyclic) bond motifs is 2. The van der Waals surface area contributed by atoms with Gasteiger partial charge in [0, 0.05) is 51.2 Å². The number of ether oxygens (including phenoxy) is 1. The van der Waals surface area contributed by atoms with Crippen LogP contribution in [0, 0.1) is 17.3 Å². The molecule has 7 heteroatoms. The normalized spacial score (nSPS) is 22.6. The highest BCUT2D eigenvalue weighted by atomic mass is 16.6. The number of hydrogen-bond acceptors (Lipinski definition) is 4. The Bertz CT molecular complexity index is 1230. The summed E-state index contributed by atoms with van der Waals surface area (Å²) in [6.07, 6.45) is 4.50. The monoisotopic (exact) mass is 532 g/mol. The third kappa shape index (κ3) is 6.08. The molecular weight excluding hydrogens is 488 g/mol. The first-order valence-electron chi connectivity index (χ1n) is 14.4. The Morgan fingerprint density at radius 2 is 1.77 bits per heavy atom. The van der Waals surface area contributed by atoms with Crippen LogP contribution in [0.15, 0.2) is 54.1 Å². The van der Waals surface area contributed by atoms with E-state index in [0.717, 1.165) is 48.4 Å². The number of urea groups is 1. The Labute approximate surface area is 233 Å². The Balaban J connectivity index is 1.25. The molecule has 3 aliphatic carbocycles. The van der Waals surface area contributed by atoms with Crippen molar-refractivity contribution in [3.8, 4) is 0 Å². The van der Waals surface area contributed by atoms with E-state index in [-0.39, 0.29) is 12.1 Å². The quantitative estimate of drug-likeness (QED) is 0.449. The molecule has 1 saturated heterocycles. The highest BCUT2D eigenvalue weighted by molar-refractivity contribution is 6.01. The van der Waals surface area contributed by atoms with Gasteiger partial charge in [0.1, 0.15) is 5.60 Å². The number of allylic oxidation sites excluding steroid dienone is 1. The van der Waals surface area contributed by atoms with Crippen molar-refractivity contribution in [1.29, 1.82) is 0 Å². The fourth-order valence-electron chi connectivity index (χ4n) is 6.40. The average molecular weight is 533 g/mol. The number of carbonyl (C=O) groups excluding carboxylic acids is 2. The number of rotatable bonds is 6. The summed E-state index contributed by atoms with van der Waals surface area (Å²) in [6.45, 7) is 15.3. The summed E-state index contributed by atoms with van der Waals surface area (Å²) >= 11 is 0. The molecule has 1 heterocycles. The SMILES string of the molecule is CC(C)(C)OC(=O)N1CCN(CCN(CC2=CCC3CC2C3(C)C)C(=O)Nc2cccc3ccccc23)CC1. The molecule has 2 unspecified atom stereocenters. The zero-order valence-corrected chi connectivity index (χ0v) is 24.2. The topological polar surface area (TPSA) is 65.1 Å². The van der Waals surface area contributed by atoms with Crippen molar-refractivity contribution in [1.82, 2.24) is 14.7 Å². The summed E-state index contributed by atoms with van der Waals surface area (Å²) in [5.74, 6) is 1.33. The smallest absolute Gasteiger partial charge is 0.410 e. The lowest BCUT2D eigenvalue weighted by Gasteiger charge is -2.57. The van der Waals surface area contributed by atoms with Gasteiger partial charge in [0.25, 0.3) is 0 Å². The van der Waals surface area contributed by atoms with Gasteiger partial charge < -0.3 is 19.9 Å². The van der Waals surface area contributed by atoms with Gasteiger partial charge in [-0.05, 0) is 62.3 Å². The van der Waals surface area contributed by atoms with Gasteiger partial charge in [-0.3, -0.25) is 4.90 Å². The lowest BCUT2D eigenvalue weighted by atomic mass is 9.49. The number of amides is 3. The van der Waals surface area contributed by atoms with Crippen molar-refractivity contribution in [2.45, 2.75) is 53.1 Å². The van der Waals surface area contributed by atoms with Crippen LogP contribution in [0.2, 0.25) is 0 Å². The highest BCUT2D eigenvalue weighted by Gasteiger charge is 2.51. The first-order valence-corrected chi connectivity index (χ1v) is 14.4. The summed E-state index contributed by atoms with van der Waals surface area (Å²) in [5.41, 5.74) is 2.08. The predicted octanol–water partition coefficient (Wildman–Crippen LogP) is 6.22. The molecule has 2 aromatic rings. The van der Waals surface area contributed by atoms with Gasteiger partial charge in [0.2, 0.25) is 0 Å². The largest absolute Gasteiger partial charge is 0.444 e.